The molecule has 40 heavy (non-hydrogen) atoms. The number of halogens is 4. The molecule has 0 spiro atoms. The molecular weight excluding hydrogens is 594 g/mol. The standard InChI is InChI=1S/C30H20Cl3FN2O3S/c31-19-9-14-22(25(33)15-19)28(37)17-40-21-12-10-20(11-13-21)35-30(39)27(16-23-24(32)7-4-8-26(23)34)36-29(38)18-5-2-1-3-6-18/h1-16H,17H2,(H,35,39)(H,36,38)/b27-16-. The van der Waals surface area contributed by atoms with E-state index in [-0.39, 0.29) is 32.8 Å². The van der Waals surface area contributed by atoms with Gasteiger partial charge in [-0.15, -0.1) is 11.8 Å². The highest BCUT2D eigenvalue weighted by atomic mass is 35.5. The van der Waals surface area contributed by atoms with E-state index in [9.17, 15) is 18.8 Å². The molecule has 0 aliphatic carbocycles. The van der Waals surface area contributed by atoms with Gasteiger partial charge in [0.15, 0.2) is 5.78 Å². The van der Waals surface area contributed by atoms with Gasteiger partial charge in [0.05, 0.1) is 15.8 Å². The Morgan fingerprint density at radius 2 is 1.55 bits per heavy atom. The molecular formula is C30H20Cl3FN2O3S. The summed E-state index contributed by atoms with van der Waals surface area (Å²) in [6, 6.07) is 23.9. The number of benzene rings is 4. The van der Waals surface area contributed by atoms with Crippen LogP contribution in [-0.4, -0.2) is 23.4 Å². The monoisotopic (exact) mass is 612 g/mol. The van der Waals surface area contributed by atoms with Gasteiger partial charge in [-0.05, 0) is 72.8 Å². The van der Waals surface area contributed by atoms with Gasteiger partial charge in [-0.2, -0.15) is 0 Å². The normalized spacial score (nSPS) is 11.2. The van der Waals surface area contributed by atoms with E-state index in [1.807, 2.05) is 0 Å². The number of thioether (sulfide) groups is 1. The van der Waals surface area contributed by atoms with Gasteiger partial charge >= 0.3 is 0 Å². The van der Waals surface area contributed by atoms with Crippen molar-refractivity contribution in [2.45, 2.75) is 4.90 Å². The third-order valence-corrected chi connectivity index (χ3v) is 7.42. The lowest BCUT2D eigenvalue weighted by molar-refractivity contribution is -0.113. The molecule has 202 valence electrons. The maximum absolute atomic E-state index is 14.5. The molecule has 0 fully saturated rings. The van der Waals surface area contributed by atoms with E-state index >= 15 is 0 Å². The first-order chi connectivity index (χ1) is 19.2. The van der Waals surface area contributed by atoms with Crippen LogP contribution >= 0.6 is 46.6 Å². The minimum absolute atomic E-state index is 0.0418. The molecule has 4 aromatic rings. The average Bonchev–Trinajstić information content (AvgIpc) is 2.94. The number of anilines is 1. The first-order valence-corrected chi connectivity index (χ1v) is 13.9. The highest BCUT2D eigenvalue weighted by Gasteiger charge is 2.17. The zero-order valence-electron chi connectivity index (χ0n) is 20.6. The fourth-order valence-electron chi connectivity index (χ4n) is 3.51. The summed E-state index contributed by atoms with van der Waals surface area (Å²) in [5.41, 5.74) is 0.872. The fraction of sp³-hybridized carbons (Fsp3) is 0.0333. The van der Waals surface area contributed by atoms with Crippen LogP contribution in [0.1, 0.15) is 26.3 Å². The van der Waals surface area contributed by atoms with Gasteiger partial charge in [0, 0.05) is 32.3 Å². The van der Waals surface area contributed by atoms with Gasteiger partial charge in [-0.1, -0.05) is 59.1 Å². The van der Waals surface area contributed by atoms with Crippen LogP contribution in [-0.2, 0) is 4.79 Å². The van der Waals surface area contributed by atoms with Crippen LogP contribution in [0.25, 0.3) is 6.08 Å². The van der Waals surface area contributed by atoms with Crippen LogP contribution in [0, 0.1) is 5.82 Å². The lowest BCUT2D eigenvalue weighted by atomic mass is 10.1. The Kier molecular flexibility index (Phi) is 10.0. The van der Waals surface area contributed by atoms with Gasteiger partial charge in [-0.25, -0.2) is 4.39 Å². The number of amides is 2. The van der Waals surface area contributed by atoms with E-state index in [0.717, 1.165) is 4.90 Å². The lowest BCUT2D eigenvalue weighted by Gasteiger charge is -2.12. The van der Waals surface area contributed by atoms with Crippen LogP contribution in [0.4, 0.5) is 10.1 Å². The molecule has 4 aromatic carbocycles. The van der Waals surface area contributed by atoms with Gasteiger partial charge in [0.2, 0.25) is 0 Å². The van der Waals surface area contributed by atoms with Gasteiger partial charge in [-0.3, -0.25) is 14.4 Å². The summed E-state index contributed by atoms with van der Waals surface area (Å²) < 4.78 is 14.5. The maximum atomic E-state index is 14.5. The maximum Gasteiger partial charge on any atom is 0.272 e. The molecule has 4 rings (SSSR count). The van der Waals surface area contributed by atoms with Gasteiger partial charge in [0.25, 0.3) is 11.8 Å². The van der Waals surface area contributed by atoms with E-state index in [4.69, 9.17) is 34.8 Å². The minimum atomic E-state index is -0.684. The zero-order valence-corrected chi connectivity index (χ0v) is 23.7. The highest BCUT2D eigenvalue weighted by molar-refractivity contribution is 8.00. The second kappa shape index (κ2) is 13.6. The predicted molar refractivity (Wildman–Crippen MR) is 160 cm³/mol. The molecule has 0 aliphatic rings. The number of carbonyl (C=O) groups excluding carboxylic acids is 3. The van der Waals surface area contributed by atoms with Crippen molar-refractivity contribution in [3.8, 4) is 0 Å². The van der Waals surface area contributed by atoms with Gasteiger partial charge in [0.1, 0.15) is 11.5 Å². The summed E-state index contributed by atoms with van der Waals surface area (Å²) >= 11 is 19.5. The smallest absolute Gasteiger partial charge is 0.272 e. The Morgan fingerprint density at radius 3 is 2.23 bits per heavy atom. The van der Waals surface area contributed by atoms with Crippen molar-refractivity contribution >= 4 is 75.9 Å². The van der Waals surface area contributed by atoms with Crippen LogP contribution in [0.15, 0.2) is 102 Å². The highest BCUT2D eigenvalue weighted by Crippen LogP contribution is 2.26. The summed E-state index contributed by atoms with van der Waals surface area (Å²) in [4.78, 5) is 39.3. The van der Waals surface area contributed by atoms with Crippen molar-refractivity contribution < 1.29 is 18.8 Å². The Morgan fingerprint density at radius 1 is 0.825 bits per heavy atom. The summed E-state index contributed by atoms with van der Waals surface area (Å²) in [7, 11) is 0. The van der Waals surface area contributed by atoms with Crippen molar-refractivity contribution in [3.63, 3.8) is 0 Å². The van der Waals surface area contributed by atoms with E-state index in [0.29, 0.717) is 21.8 Å². The molecule has 2 amide bonds. The largest absolute Gasteiger partial charge is 0.321 e. The number of nitrogens with one attached hydrogen (secondary N) is 2. The zero-order chi connectivity index (χ0) is 28.6. The summed E-state index contributed by atoms with van der Waals surface area (Å²) in [6.07, 6.45) is 1.19. The molecule has 2 N–H and O–H groups in total. The van der Waals surface area contributed by atoms with Gasteiger partial charge < -0.3 is 10.6 Å². The molecule has 0 bridgehead atoms. The SMILES string of the molecule is O=C(Nc1ccc(SCC(=O)c2ccc(Cl)cc2Cl)cc1)/C(=C/c1c(F)cccc1Cl)NC(=O)c1ccccc1. The lowest BCUT2D eigenvalue weighted by Crippen LogP contribution is -2.30. The number of hydrogen-bond acceptors (Lipinski definition) is 4. The van der Waals surface area contributed by atoms with E-state index in [1.54, 1.807) is 66.7 Å². The molecule has 0 saturated carbocycles. The number of carbonyl (C=O) groups is 3. The molecule has 0 radical (unpaired) electrons. The number of ketones is 1. The third-order valence-electron chi connectivity index (χ3n) is 5.53. The predicted octanol–water partition coefficient (Wildman–Crippen LogP) is 8.17. The molecule has 10 heteroatoms. The second-order valence-electron chi connectivity index (χ2n) is 8.33. The number of rotatable bonds is 9. The van der Waals surface area contributed by atoms with Crippen molar-refractivity contribution in [1.29, 1.82) is 0 Å². The summed E-state index contributed by atoms with van der Waals surface area (Å²) in [5, 5.41) is 6.06. The Labute approximate surface area is 249 Å². The molecule has 0 saturated heterocycles. The Balaban J connectivity index is 1.47. The molecule has 0 unspecified atom stereocenters. The molecule has 0 aromatic heterocycles. The van der Waals surface area contributed by atoms with E-state index in [1.165, 1.54) is 42.1 Å². The van der Waals surface area contributed by atoms with Crippen molar-refractivity contribution in [2.75, 3.05) is 11.1 Å². The molecule has 5 nitrogen and oxygen atoms in total. The minimum Gasteiger partial charge on any atom is -0.321 e. The number of hydrogen-bond donors (Lipinski definition) is 2. The van der Waals surface area contributed by atoms with Crippen molar-refractivity contribution in [2.24, 2.45) is 0 Å². The Bertz CT molecular complexity index is 1580. The van der Waals surface area contributed by atoms with Crippen molar-refractivity contribution in [1.82, 2.24) is 5.32 Å². The molecule has 0 atom stereocenters. The van der Waals surface area contributed by atoms with Crippen molar-refractivity contribution in [3.05, 3.63) is 134 Å². The van der Waals surface area contributed by atoms with Crippen LogP contribution in [0.3, 0.4) is 0 Å². The first-order valence-electron chi connectivity index (χ1n) is 11.8. The third kappa shape index (κ3) is 7.73. The quantitative estimate of drug-likeness (QED) is 0.113. The molecule has 0 aliphatic heterocycles. The first kappa shape index (κ1) is 29.4. The van der Waals surface area contributed by atoms with E-state index < -0.39 is 17.6 Å². The fourth-order valence-corrected chi connectivity index (χ4v) is 5.02. The molecule has 0 heterocycles. The Hall–Kier alpha value is -3.62. The summed E-state index contributed by atoms with van der Waals surface area (Å²) in [5.74, 6) is -1.89. The van der Waals surface area contributed by atoms with Crippen LogP contribution < -0.4 is 10.6 Å². The number of Topliss-reactive ketones (excluding diaryl/α,β-unsaturated/α-hetero) is 1. The summed E-state index contributed by atoms with van der Waals surface area (Å²) in [6.45, 7) is 0. The average molecular weight is 614 g/mol. The van der Waals surface area contributed by atoms with Crippen LogP contribution in [0.2, 0.25) is 15.1 Å². The van der Waals surface area contributed by atoms with E-state index in [2.05, 4.69) is 10.6 Å². The topological polar surface area (TPSA) is 75.3 Å². The van der Waals surface area contributed by atoms with Crippen LogP contribution in [0.5, 0.6) is 0 Å². The second-order valence-corrected chi connectivity index (χ2v) is 10.6.